The monoisotopic (exact) mass is 326 g/mol. The number of ether oxygens (including phenoxy) is 1. The summed E-state index contributed by atoms with van der Waals surface area (Å²) >= 11 is 0. The van der Waals surface area contributed by atoms with Crippen LogP contribution in [0.25, 0.3) is 11.0 Å². The maximum Gasteiger partial charge on any atom is 0.261 e. The molecular formula is C17H18N4O3. The van der Waals surface area contributed by atoms with Crippen molar-refractivity contribution in [1.29, 1.82) is 0 Å². The van der Waals surface area contributed by atoms with E-state index in [2.05, 4.69) is 20.3 Å². The van der Waals surface area contributed by atoms with Crippen LogP contribution in [-0.4, -0.2) is 28.0 Å². The van der Waals surface area contributed by atoms with Gasteiger partial charge in [-0.1, -0.05) is 0 Å². The Kier molecular flexibility index (Phi) is 4.07. The number of aryl methyl sites for hydroxylation is 2. The number of methoxy groups -OCH3 is 1. The molecule has 0 saturated carbocycles. The van der Waals surface area contributed by atoms with Gasteiger partial charge in [0.05, 0.1) is 24.7 Å². The molecule has 0 bridgehead atoms. The van der Waals surface area contributed by atoms with Gasteiger partial charge in [-0.2, -0.15) is 0 Å². The highest BCUT2D eigenvalue weighted by atomic mass is 16.5. The van der Waals surface area contributed by atoms with E-state index in [4.69, 9.17) is 4.74 Å². The first-order valence-corrected chi connectivity index (χ1v) is 7.49. The normalized spacial score (nSPS) is 10.8. The minimum atomic E-state index is -0.424. The lowest BCUT2D eigenvalue weighted by molar-refractivity contribution is 0.0948. The number of benzene rings is 1. The Morgan fingerprint density at radius 2 is 2.04 bits per heavy atom. The van der Waals surface area contributed by atoms with Gasteiger partial charge in [0, 0.05) is 11.8 Å². The molecule has 2 heterocycles. The Morgan fingerprint density at radius 1 is 1.25 bits per heavy atom. The predicted octanol–water partition coefficient (Wildman–Crippen LogP) is 1.81. The number of carbonyl (C=O) groups excluding carboxylic acids is 1. The molecule has 0 radical (unpaired) electrons. The van der Waals surface area contributed by atoms with Crippen molar-refractivity contribution >= 4 is 16.9 Å². The standard InChI is InChI=1S/C17H18N4O3/c1-9-6-10(2)19-17(23)15(9)16(22)18-8-14-20-12-5-4-11(24-3)7-13(12)21-14/h4-7H,8H2,1-3H3,(H,18,22)(H,19,23)(H,20,21). The van der Waals surface area contributed by atoms with Gasteiger partial charge in [0.1, 0.15) is 17.1 Å². The molecule has 0 saturated heterocycles. The van der Waals surface area contributed by atoms with E-state index in [1.165, 1.54) is 0 Å². The average molecular weight is 326 g/mol. The number of rotatable bonds is 4. The van der Waals surface area contributed by atoms with Crippen LogP contribution in [0.2, 0.25) is 0 Å². The molecule has 0 aliphatic carbocycles. The van der Waals surface area contributed by atoms with Crippen molar-refractivity contribution in [2.24, 2.45) is 0 Å². The first kappa shape index (κ1) is 15.8. The van der Waals surface area contributed by atoms with Crippen LogP contribution in [0, 0.1) is 13.8 Å². The number of imidazole rings is 1. The Hall–Kier alpha value is -3.09. The number of pyridine rings is 1. The SMILES string of the molecule is COc1ccc2nc(CNC(=O)c3c(C)cc(C)[nH]c3=O)[nH]c2c1. The van der Waals surface area contributed by atoms with Gasteiger partial charge in [0.15, 0.2) is 0 Å². The molecular weight excluding hydrogens is 308 g/mol. The molecule has 7 heteroatoms. The molecule has 7 nitrogen and oxygen atoms in total. The number of aromatic nitrogens is 3. The number of hydrogen-bond donors (Lipinski definition) is 3. The van der Waals surface area contributed by atoms with E-state index >= 15 is 0 Å². The van der Waals surface area contributed by atoms with Gasteiger partial charge < -0.3 is 20.0 Å². The Balaban J connectivity index is 1.78. The molecule has 3 rings (SSSR count). The van der Waals surface area contributed by atoms with Gasteiger partial charge in [-0.25, -0.2) is 4.98 Å². The molecule has 0 aliphatic rings. The maximum absolute atomic E-state index is 12.3. The van der Waals surface area contributed by atoms with E-state index in [1.54, 1.807) is 27.0 Å². The Morgan fingerprint density at radius 3 is 2.75 bits per heavy atom. The third-order valence-corrected chi connectivity index (χ3v) is 3.75. The van der Waals surface area contributed by atoms with E-state index in [-0.39, 0.29) is 17.7 Å². The molecule has 0 unspecified atom stereocenters. The van der Waals surface area contributed by atoms with Crippen LogP contribution in [0.3, 0.4) is 0 Å². The van der Waals surface area contributed by atoms with E-state index in [1.807, 2.05) is 18.2 Å². The molecule has 1 aromatic carbocycles. The first-order valence-electron chi connectivity index (χ1n) is 7.49. The lowest BCUT2D eigenvalue weighted by atomic mass is 10.1. The van der Waals surface area contributed by atoms with Crippen molar-refractivity contribution < 1.29 is 9.53 Å². The summed E-state index contributed by atoms with van der Waals surface area (Å²) in [7, 11) is 1.60. The van der Waals surface area contributed by atoms with Crippen molar-refractivity contribution in [2.45, 2.75) is 20.4 Å². The number of nitrogens with zero attached hydrogens (tertiary/aromatic N) is 1. The fourth-order valence-electron chi connectivity index (χ4n) is 2.64. The van der Waals surface area contributed by atoms with Crippen LogP contribution in [0.5, 0.6) is 5.75 Å². The maximum atomic E-state index is 12.3. The number of hydrogen-bond acceptors (Lipinski definition) is 4. The zero-order valence-electron chi connectivity index (χ0n) is 13.7. The van der Waals surface area contributed by atoms with Crippen molar-refractivity contribution in [3.8, 4) is 5.75 Å². The minimum Gasteiger partial charge on any atom is -0.497 e. The van der Waals surface area contributed by atoms with Gasteiger partial charge in [-0.15, -0.1) is 0 Å². The lowest BCUT2D eigenvalue weighted by Crippen LogP contribution is -2.31. The fourth-order valence-corrected chi connectivity index (χ4v) is 2.64. The van der Waals surface area contributed by atoms with Crippen LogP contribution in [0.4, 0.5) is 0 Å². The topological polar surface area (TPSA) is 99.9 Å². The number of fused-ring (bicyclic) bond motifs is 1. The van der Waals surface area contributed by atoms with Crippen LogP contribution < -0.4 is 15.6 Å². The first-order chi connectivity index (χ1) is 11.5. The summed E-state index contributed by atoms with van der Waals surface area (Å²) in [5, 5.41) is 2.72. The van der Waals surface area contributed by atoms with Crippen LogP contribution in [0.1, 0.15) is 27.4 Å². The summed E-state index contributed by atoms with van der Waals surface area (Å²) in [5.74, 6) is 0.906. The van der Waals surface area contributed by atoms with E-state index < -0.39 is 5.91 Å². The predicted molar refractivity (Wildman–Crippen MR) is 90.4 cm³/mol. The number of amides is 1. The highest BCUT2D eigenvalue weighted by Crippen LogP contribution is 2.18. The van der Waals surface area contributed by atoms with E-state index in [9.17, 15) is 9.59 Å². The largest absolute Gasteiger partial charge is 0.497 e. The van der Waals surface area contributed by atoms with Crippen molar-refractivity contribution in [1.82, 2.24) is 20.3 Å². The van der Waals surface area contributed by atoms with Gasteiger partial charge in [0.25, 0.3) is 11.5 Å². The summed E-state index contributed by atoms with van der Waals surface area (Å²) in [5.41, 5.74) is 2.70. The fraction of sp³-hybridized carbons (Fsp3) is 0.235. The number of nitrogens with one attached hydrogen (secondary N) is 3. The van der Waals surface area contributed by atoms with Gasteiger partial charge in [0.2, 0.25) is 0 Å². The Labute approximate surface area is 138 Å². The molecule has 0 aliphatic heterocycles. The quantitative estimate of drug-likeness (QED) is 0.681. The highest BCUT2D eigenvalue weighted by molar-refractivity contribution is 5.95. The zero-order chi connectivity index (χ0) is 17.3. The number of carbonyl (C=O) groups is 1. The Bertz CT molecular complexity index is 972. The molecule has 2 aromatic heterocycles. The van der Waals surface area contributed by atoms with E-state index in [0.717, 1.165) is 22.5 Å². The van der Waals surface area contributed by atoms with Crippen molar-refractivity contribution in [3.63, 3.8) is 0 Å². The third kappa shape index (κ3) is 3.01. The third-order valence-electron chi connectivity index (χ3n) is 3.75. The molecule has 0 fully saturated rings. The molecule has 24 heavy (non-hydrogen) atoms. The molecule has 0 atom stereocenters. The summed E-state index contributed by atoms with van der Waals surface area (Å²) in [4.78, 5) is 34.4. The van der Waals surface area contributed by atoms with Crippen molar-refractivity contribution in [3.05, 3.63) is 57.3 Å². The molecule has 124 valence electrons. The van der Waals surface area contributed by atoms with Gasteiger partial charge >= 0.3 is 0 Å². The van der Waals surface area contributed by atoms with Crippen LogP contribution in [-0.2, 0) is 6.54 Å². The second-order valence-corrected chi connectivity index (χ2v) is 5.59. The lowest BCUT2D eigenvalue weighted by Gasteiger charge is -2.06. The molecule has 0 spiro atoms. The zero-order valence-corrected chi connectivity index (χ0v) is 13.7. The van der Waals surface area contributed by atoms with Gasteiger partial charge in [-0.05, 0) is 37.6 Å². The number of H-pyrrole nitrogens is 2. The van der Waals surface area contributed by atoms with Gasteiger partial charge in [-0.3, -0.25) is 9.59 Å². The summed E-state index contributed by atoms with van der Waals surface area (Å²) < 4.78 is 5.17. The second kappa shape index (κ2) is 6.19. The molecule has 3 aromatic rings. The average Bonchev–Trinajstić information content (AvgIpc) is 2.93. The summed E-state index contributed by atoms with van der Waals surface area (Å²) in [6, 6.07) is 7.26. The summed E-state index contributed by atoms with van der Waals surface area (Å²) in [6.45, 7) is 3.71. The smallest absolute Gasteiger partial charge is 0.261 e. The molecule has 1 amide bonds. The second-order valence-electron chi connectivity index (χ2n) is 5.59. The van der Waals surface area contributed by atoms with E-state index in [0.29, 0.717) is 11.4 Å². The minimum absolute atomic E-state index is 0.124. The molecule has 3 N–H and O–H groups in total. The van der Waals surface area contributed by atoms with Crippen LogP contribution >= 0.6 is 0 Å². The van der Waals surface area contributed by atoms with Crippen LogP contribution in [0.15, 0.2) is 29.1 Å². The summed E-state index contributed by atoms with van der Waals surface area (Å²) in [6.07, 6.45) is 0. The number of aromatic amines is 2. The highest BCUT2D eigenvalue weighted by Gasteiger charge is 2.14. The van der Waals surface area contributed by atoms with Crippen molar-refractivity contribution in [2.75, 3.05) is 7.11 Å².